The maximum atomic E-state index is 14.7. The van der Waals surface area contributed by atoms with Gasteiger partial charge in [-0.15, -0.1) is 11.3 Å². The standard InChI is InChI=1S/C21H21ClF2N4O4S2/c1-21(8-31-9-21)10-32-12-2-3-15(23)13(4-12)20(25)27-17-6-16(24)18(5-14(17)22)34(29,30)28-19-7-33-11-26-19/h2-7,11,20,27-28H,8-10,25H2,1H3/t20-/m1/s1. The van der Waals surface area contributed by atoms with E-state index < -0.39 is 32.7 Å². The molecule has 0 spiro atoms. The minimum atomic E-state index is -4.27. The fraction of sp³-hybridized carbons (Fsp3) is 0.286. The highest BCUT2D eigenvalue weighted by molar-refractivity contribution is 7.92. The Kier molecular flexibility index (Phi) is 6.97. The van der Waals surface area contributed by atoms with Crippen molar-refractivity contribution in [1.29, 1.82) is 0 Å². The maximum absolute atomic E-state index is 14.7. The van der Waals surface area contributed by atoms with Gasteiger partial charge >= 0.3 is 0 Å². The van der Waals surface area contributed by atoms with Crippen LogP contribution in [0.1, 0.15) is 18.7 Å². The third-order valence-corrected chi connectivity index (χ3v) is 7.35. The number of nitrogens with two attached hydrogens (primary N) is 1. The molecule has 0 amide bonds. The van der Waals surface area contributed by atoms with E-state index in [1.807, 2.05) is 6.92 Å². The third-order valence-electron chi connectivity index (χ3n) is 5.08. The SMILES string of the molecule is CC1(COc2ccc(F)c([C@H](N)Nc3cc(F)c(S(=O)(=O)Nc4cscn4)cc3Cl)c2)COC1. The number of nitrogens with one attached hydrogen (secondary N) is 2. The van der Waals surface area contributed by atoms with Crippen LogP contribution in [-0.2, 0) is 14.8 Å². The van der Waals surface area contributed by atoms with Gasteiger partial charge in [-0.3, -0.25) is 4.72 Å². The Balaban J connectivity index is 1.51. The average molecular weight is 531 g/mol. The molecular weight excluding hydrogens is 510 g/mol. The molecule has 4 rings (SSSR count). The minimum Gasteiger partial charge on any atom is -0.493 e. The van der Waals surface area contributed by atoms with E-state index >= 15 is 0 Å². The normalized spacial score (nSPS) is 15.9. The van der Waals surface area contributed by atoms with Gasteiger partial charge in [0.15, 0.2) is 5.82 Å². The summed E-state index contributed by atoms with van der Waals surface area (Å²) < 4.78 is 67.3. The van der Waals surface area contributed by atoms with Gasteiger partial charge in [-0.05, 0) is 30.3 Å². The Morgan fingerprint density at radius 3 is 2.71 bits per heavy atom. The second kappa shape index (κ2) is 9.62. The number of rotatable bonds is 9. The molecule has 4 N–H and O–H groups in total. The smallest absolute Gasteiger partial charge is 0.266 e. The fourth-order valence-electron chi connectivity index (χ4n) is 3.19. The molecule has 34 heavy (non-hydrogen) atoms. The van der Waals surface area contributed by atoms with Crippen LogP contribution in [0.5, 0.6) is 5.75 Å². The Bertz CT molecular complexity index is 1290. The molecule has 0 saturated carbocycles. The third kappa shape index (κ3) is 5.41. The number of ether oxygens (including phenoxy) is 2. The van der Waals surface area contributed by atoms with E-state index in [0.717, 1.165) is 12.1 Å². The summed E-state index contributed by atoms with van der Waals surface area (Å²) in [5.74, 6) is -1.21. The number of sulfonamides is 1. The molecule has 0 unspecified atom stereocenters. The minimum absolute atomic E-state index is 0.0101. The van der Waals surface area contributed by atoms with Gasteiger partial charge in [0.1, 0.15) is 28.4 Å². The van der Waals surface area contributed by atoms with Crippen molar-refractivity contribution in [3.8, 4) is 5.75 Å². The molecule has 0 radical (unpaired) electrons. The Morgan fingerprint density at radius 2 is 2.06 bits per heavy atom. The number of thiazole rings is 1. The van der Waals surface area contributed by atoms with Crippen LogP contribution in [0.15, 0.2) is 46.1 Å². The Labute approximate surface area is 204 Å². The lowest BCUT2D eigenvalue weighted by Crippen LogP contribution is -2.44. The van der Waals surface area contributed by atoms with E-state index in [4.69, 9.17) is 26.8 Å². The van der Waals surface area contributed by atoms with E-state index in [2.05, 4.69) is 15.0 Å². The first-order valence-corrected chi connectivity index (χ1v) is 12.8. The predicted molar refractivity (Wildman–Crippen MR) is 126 cm³/mol. The van der Waals surface area contributed by atoms with Gasteiger partial charge in [-0.1, -0.05) is 18.5 Å². The van der Waals surface area contributed by atoms with E-state index in [0.29, 0.717) is 25.6 Å². The zero-order chi connectivity index (χ0) is 24.5. The van der Waals surface area contributed by atoms with Crippen LogP contribution in [0, 0.1) is 17.0 Å². The van der Waals surface area contributed by atoms with Crippen LogP contribution >= 0.6 is 22.9 Å². The quantitative estimate of drug-likeness (QED) is 0.352. The summed E-state index contributed by atoms with van der Waals surface area (Å²) in [5, 5.41) is 4.05. The van der Waals surface area contributed by atoms with Crippen LogP contribution in [0.3, 0.4) is 0 Å². The summed E-state index contributed by atoms with van der Waals surface area (Å²) in [5.41, 5.74) is 7.48. The number of aromatic nitrogens is 1. The predicted octanol–water partition coefficient (Wildman–Crippen LogP) is 4.36. The van der Waals surface area contributed by atoms with Crippen molar-refractivity contribution in [1.82, 2.24) is 4.98 Å². The molecule has 0 bridgehead atoms. The first kappa shape index (κ1) is 24.6. The van der Waals surface area contributed by atoms with Crippen LogP contribution in [0.2, 0.25) is 5.02 Å². The van der Waals surface area contributed by atoms with Crippen molar-refractivity contribution in [2.45, 2.75) is 18.0 Å². The molecule has 1 aromatic heterocycles. The number of anilines is 2. The highest BCUT2D eigenvalue weighted by Gasteiger charge is 2.34. The summed E-state index contributed by atoms with van der Waals surface area (Å²) in [7, 11) is -4.27. The lowest BCUT2D eigenvalue weighted by Gasteiger charge is -2.37. The van der Waals surface area contributed by atoms with Crippen molar-refractivity contribution in [2.24, 2.45) is 11.1 Å². The molecule has 2 heterocycles. The molecular formula is C21H21ClF2N4O4S2. The molecule has 2 aromatic carbocycles. The Hall–Kier alpha value is -2.51. The van der Waals surface area contributed by atoms with Crippen molar-refractivity contribution >= 4 is 44.5 Å². The molecule has 13 heteroatoms. The molecule has 1 aliphatic rings. The van der Waals surface area contributed by atoms with Gasteiger partial charge in [-0.25, -0.2) is 22.2 Å². The average Bonchev–Trinajstić information content (AvgIpc) is 3.26. The maximum Gasteiger partial charge on any atom is 0.266 e. The molecule has 8 nitrogen and oxygen atoms in total. The number of hydrogen-bond donors (Lipinski definition) is 3. The molecule has 1 atom stereocenters. The fourth-order valence-corrected chi connectivity index (χ4v) is 5.11. The van der Waals surface area contributed by atoms with Gasteiger partial charge in [0.2, 0.25) is 0 Å². The van der Waals surface area contributed by atoms with E-state index in [-0.39, 0.29) is 27.5 Å². The van der Waals surface area contributed by atoms with Crippen molar-refractivity contribution in [2.75, 3.05) is 29.9 Å². The zero-order valence-corrected chi connectivity index (χ0v) is 20.2. The highest BCUT2D eigenvalue weighted by atomic mass is 35.5. The lowest BCUT2D eigenvalue weighted by atomic mass is 9.90. The second-order valence-electron chi connectivity index (χ2n) is 8.14. The number of halogens is 3. The highest BCUT2D eigenvalue weighted by Crippen LogP contribution is 2.32. The van der Waals surface area contributed by atoms with Crippen molar-refractivity contribution in [3.05, 3.63) is 63.4 Å². The summed E-state index contributed by atoms with van der Waals surface area (Å²) in [4.78, 5) is 3.14. The topological polar surface area (TPSA) is 116 Å². The second-order valence-corrected chi connectivity index (χ2v) is 10.9. The van der Waals surface area contributed by atoms with Gasteiger partial charge in [0, 0.05) is 16.4 Å². The molecule has 1 aliphatic heterocycles. The number of nitrogens with zero attached hydrogens (tertiary/aromatic N) is 1. The van der Waals surface area contributed by atoms with E-state index in [1.165, 1.54) is 40.4 Å². The van der Waals surface area contributed by atoms with Gasteiger partial charge in [0.05, 0.1) is 36.0 Å². The molecule has 1 fully saturated rings. The lowest BCUT2D eigenvalue weighted by molar-refractivity contribution is -0.120. The van der Waals surface area contributed by atoms with Gasteiger partial charge in [-0.2, -0.15) is 0 Å². The Morgan fingerprint density at radius 1 is 1.29 bits per heavy atom. The van der Waals surface area contributed by atoms with Crippen molar-refractivity contribution < 1.29 is 26.7 Å². The molecule has 1 saturated heterocycles. The molecule has 182 valence electrons. The van der Waals surface area contributed by atoms with E-state index in [9.17, 15) is 17.2 Å². The first-order valence-electron chi connectivity index (χ1n) is 9.98. The largest absolute Gasteiger partial charge is 0.493 e. The van der Waals surface area contributed by atoms with Crippen LogP contribution in [0.25, 0.3) is 0 Å². The van der Waals surface area contributed by atoms with Crippen LogP contribution in [-0.4, -0.2) is 33.2 Å². The summed E-state index contributed by atoms with van der Waals surface area (Å²) in [6, 6.07) is 5.96. The summed E-state index contributed by atoms with van der Waals surface area (Å²) in [6.07, 6.45) is -1.13. The number of hydrogen-bond acceptors (Lipinski definition) is 8. The van der Waals surface area contributed by atoms with Crippen LogP contribution in [0.4, 0.5) is 20.3 Å². The van der Waals surface area contributed by atoms with Crippen LogP contribution < -0.4 is 20.5 Å². The monoisotopic (exact) mass is 530 g/mol. The van der Waals surface area contributed by atoms with Gasteiger partial charge in [0.25, 0.3) is 10.0 Å². The first-order chi connectivity index (χ1) is 16.1. The molecule has 3 aromatic rings. The van der Waals surface area contributed by atoms with Crippen molar-refractivity contribution in [3.63, 3.8) is 0 Å². The number of benzene rings is 2. The molecule has 0 aliphatic carbocycles. The summed E-state index contributed by atoms with van der Waals surface area (Å²) >= 11 is 7.37. The van der Waals surface area contributed by atoms with E-state index in [1.54, 1.807) is 0 Å². The zero-order valence-electron chi connectivity index (χ0n) is 17.8. The summed E-state index contributed by atoms with van der Waals surface area (Å²) in [6.45, 7) is 3.57. The van der Waals surface area contributed by atoms with Gasteiger partial charge < -0.3 is 20.5 Å².